The number of carbonyl (C=O) groups excluding carboxylic acids is 2. The molecule has 43 atom stereocenters. The zero-order valence-corrected chi connectivity index (χ0v) is 54.6. The smallest absolute Gasteiger partial charge is 0.313 e. The normalized spacial score (nSPS) is 56.1. The van der Waals surface area contributed by atoms with Gasteiger partial charge in [0.15, 0.2) is 44.0 Å². The van der Waals surface area contributed by atoms with Crippen LogP contribution in [0.2, 0.25) is 0 Å². The van der Waals surface area contributed by atoms with E-state index in [2.05, 4.69) is 24.5 Å². The number of unbranched alkanes of at least 4 members (excludes halogenated alkanes) is 3. The summed E-state index contributed by atoms with van der Waals surface area (Å²) in [6, 6.07) is 0. The van der Waals surface area contributed by atoms with Gasteiger partial charge in [-0.15, -0.1) is 0 Å². The van der Waals surface area contributed by atoms with E-state index in [1.165, 1.54) is 7.11 Å². The van der Waals surface area contributed by atoms with Crippen LogP contribution in [0.4, 0.5) is 0 Å². The lowest BCUT2D eigenvalue weighted by molar-refractivity contribution is -0.706. The minimum atomic E-state index is -2.22. The van der Waals surface area contributed by atoms with Crippen LogP contribution in [-0.4, -0.2) is 395 Å². The molecule has 572 valence electrons. The molecule has 21 saturated heterocycles. The molecule has 39 heteroatoms. The van der Waals surface area contributed by atoms with Crippen LogP contribution in [0.3, 0.4) is 0 Å². The average molecular weight is 1450 g/mol. The molecule has 1 amide bonds. The van der Waals surface area contributed by atoms with E-state index in [1.807, 2.05) is 0 Å². The van der Waals surface area contributed by atoms with Crippen LogP contribution < -0.4 is 10.6 Å². The van der Waals surface area contributed by atoms with Gasteiger partial charge in [-0.1, -0.05) is 26.7 Å². The summed E-state index contributed by atoms with van der Waals surface area (Å²) in [5, 5.41) is 232. The summed E-state index contributed by atoms with van der Waals surface area (Å²) in [5.41, 5.74) is -1.38. The van der Waals surface area contributed by atoms with E-state index in [-0.39, 0.29) is 59.5 Å². The zero-order chi connectivity index (χ0) is 71.9. The molecule has 21 aliphatic heterocycles. The van der Waals surface area contributed by atoms with Gasteiger partial charge in [0.25, 0.3) is 0 Å². The number of hydrogen-bond acceptors (Lipinski definition) is 38. The molecule has 0 spiro atoms. The second-order valence-corrected chi connectivity index (χ2v) is 29.0. The van der Waals surface area contributed by atoms with Crippen LogP contribution in [-0.2, 0) is 80.6 Å². The molecule has 6 saturated carbocycles. The standard InChI is InChI=1S/C61H96N2O37/c1-58-48-24-25-47(59(58,2)61(25,48)57(85)86-3)60(24,58)56(84)63-9-7-5-4-6-8-62-10-17-40-26(70)33(77)49(87-17)95-41-18(11-64)89-51(35(79)28(41)72)97-43-20(13-66)91-53(37(81)30(43)74)99-45-22(15-68)93-55(39(83)32(45)76)100-46-23(16-69)92-54(38(82)31(46)75)98-44-21(14-67)90-52(36(80)29(44)73)96-42-19(12-65)88-50(94-40)34(78)27(42)71/h17-55,62,64-83H,4-16H2,1-3H3,(H,63,84)/t17-,18-,19-,20-,21-,22-,23-,24+,25-,26-,27-,28-,29-,30-,31-,32-,33-,34-,35-,36-,37-,38-,39-,40-,41-,42-,43-,44-,45-,46-,47+,48+,49-,50-,51-,52-,53-,54-,55-,58?,59+,60+,61+/m1/s1. The SMILES string of the molecule is COC(=O)[C@]12[C@@H]3[C@H]4[C@H]1C1(C)[C@]4(C(=O)NCCCCCCNC[C@H]4O[C@@H]5O[C@H]6[C@H](O)[C@@H](O)[C@@H](O[C@H]7[C@H](O)[C@@H](O)[C@@H](O[C@H]8[C@H](O)[C@@H](O)[C@@H](O[C@H]9[C@H](O)[C@@H](O)[C@@H](O[C@H]%10[C@H](O)[C@@H](O)[C@@H](O[C@H]%11[C@H](O)[C@@H](O)[C@@H](O[C@H]4[C@H](O)[C@H]5O)O[C@@H]%11CO)O[C@@H]%10CO)O[C@@H]9CO)O[C@@H]8CO)O[C@@H]7CO)O[C@@H]6CO)[C@@H]3[C@@]12C. The molecule has 0 radical (unpaired) electrons. The Hall–Kier alpha value is -2.46. The molecule has 27 fully saturated rings. The van der Waals surface area contributed by atoms with Crippen LogP contribution in [0, 0.1) is 45.3 Å². The lowest BCUT2D eigenvalue weighted by Crippen LogP contribution is -3.19. The van der Waals surface area contributed by atoms with Crippen molar-refractivity contribution in [1.82, 2.24) is 10.6 Å². The predicted octanol–water partition coefficient (Wildman–Crippen LogP) is -13.3. The van der Waals surface area contributed by atoms with Crippen molar-refractivity contribution in [1.29, 1.82) is 0 Å². The molecule has 0 aromatic carbocycles. The predicted molar refractivity (Wildman–Crippen MR) is 313 cm³/mol. The van der Waals surface area contributed by atoms with E-state index < -0.39 is 265 Å². The highest BCUT2D eigenvalue weighted by molar-refractivity contribution is 6.01. The molecule has 14 bridgehead atoms. The van der Waals surface area contributed by atoms with Gasteiger partial charge >= 0.3 is 5.97 Å². The molecule has 22 N–H and O–H groups in total. The van der Waals surface area contributed by atoms with Gasteiger partial charge in [0, 0.05) is 13.1 Å². The number of ether oxygens (including phenoxy) is 15. The third kappa shape index (κ3) is 11.0. The van der Waals surface area contributed by atoms with Gasteiger partial charge in [-0.3, -0.25) is 9.59 Å². The van der Waals surface area contributed by atoms with E-state index in [0.29, 0.717) is 32.2 Å². The van der Waals surface area contributed by atoms with Gasteiger partial charge in [-0.2, -0.15) is 0 Å². The molecule has 27 rings (SSSR count). The Kier molecular flexibility index (Phi) is 21.9. The van der Waals surface area contributed by atoms with E-state index in [0.717, 1.165) is 0 Å². The highest BCUT2D eigenvalue weighted by atomic mass is 16.8. The summed E-state index contributed by atoms with van der Waals surface area (Å²) in [5.74, 6) is 0.574. The summed E-state index contributed by atoms with van der Waals surface area (Å²) in [6.07, 6.45) is -67.4. The first-order chi connectivity index (χ1) is 47.7. The molecule has 21 heterocycles. The first-order valence-electron chi connectivity index (χ1n) is 34.1. The average Bonchev–Trinajstić information content (AvgIpc) is 0.526. The number of amides is 1. The minimum absolute atomic E-state index is 0.0281. The first kappa shape index (κ1) is 75.8. The fraction of sp³-hybridized carbons (Fsp3) is 0.967. The molecule has 1 unspecified atom stereocenters. The second-order valence-electron chi connectivity index (χ2n) is 29.0. The molecular weight excluding hydrogens is 1350 g/mol. The van der Waals surface area contributed by atoms with Gasteiger partial charge in [0.2, 0.25) is 5.91 Å². The first-order valence-corrected chi connectivity index (χ1v) is 34.1. The maximum atomic E-state index is 13.8. The van der Waals surface area contributed by atoms with Crippen molar-refractivity contribution < 1.29 is 183 Å². The third-order valence-corrected chi connectivity index (χ3v) is 24.6. The van der Waals surface area contributed by atoms with Gasteiger partial charge < -0.3 is 184 Å². The number of hydrogen-bond donors (Lipinski definition) is 22. The van der Waals surface area contributed by atoms with Gasteiger partial charge in [-0.25, -0.2) is 0 Å². The number of rotatable bonds is 17. The number of carbonyl (C=O) groups is 2. The lowest BCUT2D eigenvalue weighted by atomic mass is 8.84. The number of esters is 1. The Bertz CT molecular complexity index is 2830. The van der Waals surface area contributed by atoms with E-state index >= 15 is 0 Å². The summed E-state index contributed by atoms with van der Waals surface area (Å²) in [7, 11) is 1.41. The van der Waals surface area contributed by atoms with Crippen molar-refractivity contribution in [3.8, 4) is 0 Å². The molecule has 6 aliphatic carbocycles. The zero-order valence-electron chi connectivity index (χ0n) is 54.6. The van der Waals surface area contributed by atoms with Crippen molar-refractivity contribution in [2.45, 2.75) is 254 Å². The van der Waals surface area contributed by atoms with E-state index in [1.54, 1.807) is 0 Å². The van der Waals surface area contributed by atoms with Gasteiger partial charge in [0.05, 0.1) is 57.6 Å². The highest BCUT2D eigenvalue weighted by Gasteiger charge is 3.21. The number of aliphatic hydroxyl groups excluding tert-OH is 20. The third-order valence-electron chi connectivity index (χ3n) is 24.6. The van der Waals surface area contributed by atoms with Gasteiger partial charge in [-0.05, 0) is 53.9 Å². The quantitative estimate of drug-likeness (QED) is 0.0475. The van der Waals surface area contributed by atoms with Crippen molar-refractivity contribution >= 4 is 11.9 Å². The number of aliphatic hydroxyl groups is 20. The molecule has 100 heavy (non-hydrogen) atoms. The lowest BCUT2D eigenvalue weighted by Gasteiger charge is -3.17. The molecule has 27 aliphatic rings. The molecule has 39 nitrogen and oxygen atoms in total. The maximum Gasteiger partial charge on any atom is 0.313 e. The van der Waals surface area contributed by atoms with Crippen LogP contribution in [0.25, 0.3) is 0 Å². The van der Waals surface area contributed by atoms with Crippen LogP contribution in [0.1, 0.15) is 39.5 Å². The summed E-state index contributed by atoms with van der Waals surface area (Å²) >= 11 is 0. The van der Waals surface area contributed by atoms with Crippen molar-refractivity contribution in [2.24, 2.45) is 45.3 Å². The minimum Gasteiger partial charge on any atom is -0.469 e. The Morgan fingerprint density at radius 3 is 0.830 bits per heavy atom. The topological polar surface area (TPSA) is 601 Å². The summed E-state index contributed by atoms with van der Waals surface area (Å²) in [4.78, 5) is 26.7. The molecule has 0 aromatic rings. The van der Waals surface area contributed by atoms with Crippen LogP contribution in [0.15, 0.2) is 0 Å². The van der Waals surface area contributed by atoms with E-state index in [4.69, 9.17) is 71.1 Å². The van der Waals surface area contributed by atoms with Crippen molar-refractivity contribution in [3.63, 3.8) is 0 Å². The van der Waals surface area contributed by atoms with Crippen molar-refractivity contribution in [3.05, 3.63) is 0 Å². The number of nitrogens with one attached hydrogen (secondary N) is 2. The summed E-state index contributed by atoms with van der Waals surface area (Å²) in [6.45, 7) is -1.59. The Morgan fingerprint density at radius 2 is 0.570 bits per heavy atom. The Labute approximate surface area is 570 Å². The van der Waals surface area contributed by atoms with Crippen LogP contribution >= 0.6 is 0 Å². The highest BCUT2D eigenvalue weighted by Crippen LogP contribution is 3.18. The summed E-state index contributed by atoms with van der Waals surface area (Å²) < 4.78 is 87.2. The molecule has 0 aromatic heterocycles. The van der Waals surface area contributed by atoms with Crippen molar-refractivity contribution in [2.75, 3.05) is 66.4 Å². The molecular formula is C61H96N2O37. The fourth-order valence-electron chi connectivity index (χ4n) is 19.8. The fourth-order valence-corrected chi connectivity index (χ4v) is 19.8. The monoisotopic (exact) mass is 1450 g/mol. The second kappa shape index (κ2) is 28.9. The Balaban J connectivity index is 0.711. The van der Waals surface area contributed by atoms with Gasteiger partial charge in [0.1, 0.15) is 171 Å². The van der Waals surface area contributed by atoms with Crippen LogP contribution in [0.5, 0.6) is 0 Å². The van der Waals surface area contributed by atoms with E-state index in [9.17, 15) is 112 Å². The maximum absolute atomic E-state index is 13.8. The number of methoxy groups -OCH3 is 1. The largest absolute Gasteiger partial charge is 0.469 e. The Morgan fingerprint density at radius 1 is 0.330 bits per heavy atom.